The van der Waals surface area contributed by atoms with Crippen LogP contribution in [-0.4, -0.2) is 47.6 Å². The normalized spacial score (nSPS) is 18.5. The first kappa shape index (κ1) is 20.6. The van der Waals surface area contributed by atoms with E-state index in [1.54, 1.807) is 0 Å². The lowest BCUT2D eigenvalue weighted by molar-refractivity contribution is -0.131. The number of nitriles is 1. The number of fused-ring (bicyclic) bond motifs is 1. The fourth-order valence-corrected chi connectivity index (χ4v) is 4.11. The van der Waals surface area contributed by atoms with Gasteiger partial charge in [-0.15, -0.1) is 0 Å². The average Bonchev–Trinajstić information content (AvgIpc) is 2.70. The molecule has 1 aromatic heterocycles. The van der Waals surface area contributed by atoms with Crippen LogP contribution in [-0.2, 0) is 29.0 Å². The monoisotopic (exact) mass is 384 g/mol. The molecule has 6 nitrogen and oxygen atoms in total. The third kappa shape index (κ3) is 4.15. The molecular formula is C22H32N4O2. The average molecular weight is 385 g/mol. The minimum atomic E-state index is -0.272. The number of hydrogen-bond acceptors (Lipinski definition) is 5. The number of carbonyl (C=O) groups excluding carboxylic acids is 1. The van der Waals surface area contributed by atoms with E-state index in [4.69, 9.17) is 9.72 Å². The Morgan fingerprint density at radius 2 is 1.93 bits per heavy atom. The topological polar surface area (TPSA) is 69.5 Å². The van der Waals surface area contributed by atoms with Crippen LogP contribution in [0.4, 0.5) is 5.82 Å². The number of aryl methyl sites for hydroxylation is 1. The van der Waals surface area contributed by atoms with Crippen molar-refractivity contribution in [3.63, 3.8) is 0 Å². The summed E-state index contributed by atoms with van der Waals surface area (Å²) < 4.78 is 6.04. The van der Waals surface area contributed by atoms with Crippen molar-refractivity contribution in [2.75, 3.05) is 31.1 Å². The van der Waals surface area contributed by atoms with Crippen molar-refractivity contribution in [1.82, 2.24) is 9.88 Å². The molecular weight excluding hydrogens is 352 g/mol. The van der Waals surface area contributed by atoms with Gasteiger partial charge in [0.2, 0.25) is 5.91 Å². The Balaban J connectivity index is 1.97. The van der Waals surface area contributed by atoms with E-state index in [1.165, 1.54) is 0 Å². The summed E-state index contributed by atoms with van der Waals surface area (Å²) in [7, 11) is 0. The molecule has 2 aliphatic heterocycles. The molecule has 1 saturated heterocycles. The van der Waals surface area contributed by atoms with Crippen molar-refractivity contribution in [2.24, 2.45) is 0 Å². The molecule has 1 amide bonds. The molecule has 0 spiro atoms. The largest absolute Gasteiger partial charge is 0.370 e. The molecule has 0 aromatic carbocycles. The van der Waals surface area contributed by atoms with E-state index in [2.05, 4.69) is 31.7 Å². The van der Waals surface area contributed by atoms with E-state index in [9.17, 15) is 10.1 Å². The van der Waals surface area contributed by atoms with E-state index >= 15 is 0 Å². The summed E-state index contributed by atoms with van der Waals surface area (Å²) in [6.45, 7) is 11.6. The van der Waals surface area contributed by atoms with Crippen LogP contribution < -0.4 is 4.90 Å². The number of rotatable bonds is 5. The highest BCUT2D eigenvalue weighted by Gasteiger charge is 2.33. The van der Waals surface area contributed by atoms with Crippen molar-refractivity contribution in [3.05, 3.63) is 22.4 Å². The molecule has 0 saturated carbocycles. The minimum absolute atomic E-state index is 0.195. The minimum Gasteiger partial charge on any atom is -0.370 e. The molecule has 6 heteroatoms. The number of carbonyl (C=O) groups is 1. The van der Waals surface area contributed by atoms with Crippen LogP contribution >= 0.6 is 0 Å². The molecule has 0 radical (unpaired) electrons. The summed E-state index contributed by atoms with van der Waals surface area (Å²) in [6, 6.07) is 2.45. The summed E-state index contributed by atoms with van der Waals surface area (Å²) in [4.78, 5) is 21.1. The molecule has 3 rings (SSSR count). The molecule has 3 heterocycles. The Morgan fingerprint density at radius 1 is 1.21 bits per heavy atom. The number of hydrogen-bond donors (Lipinski definition) is 0. The SMILES string of the molecule is CCCCc1nc(N2CCN(C(=O)CC)CC2)c(C#N)c2c1COC(C)(C)C2. The van der Waals surface area contributed by atoms with Gasteiger partial charge in [0.1, 0.15) is 11.9 Å². The maximum atomic E-state index is 12.0. The van der Waals surface area contributed by atoms with Crippen molar-refractivity contribution < 1.29 is 9.53 Å². The Morgan fingerprint density at radius 3 is 2.54 bits per heavy atom. The van der Waals surface area contributed by atoms with Gasteiger partial charge in [-0.25, -0.2) is 4.98 Å². The van der Waals surface area contributed by atoms with Gasteiger partial charge in [-0.05, 0) is 32.3 Å². The maximum absolute atomic E-state index is 12.0. The Kier molecular flexibility index (Phi) is 6.24. The van der Waals surface area contributed by atoms with Crippen molar-refractivity contribution in [1.29, 1.82) is 5.26 Å². The van der Waals surface area contributed by atoms with E-state index in [-0.39, 0.29) is 11.5 Å². The van der Waals surface area contributed by atoms with Gasteiger partial charge in [0, 0.05) is 50.3 Å². The van der Waals surface area contributed by atoms with Crippen LogP contribution in [0.2, 0.25) is 0 Å². The number of nitrogens with zero attached hydrogens (tertiary/aromatic N) is 4. The predicted octanol–water partition coefficient (Wildman–Crippen LogP) is 3.21. The first-order valence-electron chi connectivity index (χ1n) is 10.5. The van der Waals surface area contributed by atoms with E-state index in [1.807, 2.05) is 11.8 Å². The maximum Gasteiger partial charge on any atom is 0.222 e. The van der Waals surface area contributed by atoms with Crippen molar-refractivity contribution in [3.8, 4) is 6.07 Å². The molecule has 0 bridgehead atoms. The highest BCUT2D eigenvalue weighted by atomic mass is 16.5. The number of anilines is 1. The second-order valence-corrected chi connectivity index (χ2v) is 8.38. The van der Waals surface area contributed by atoms with Gasteiger partial charge >= 0.3 is 0 Å². The smallest absolute Gasteiger partial charge is 0.222 e. The van der Waals surface area contributed by atoms with Gasteiger partial charge in [-0.2, -0.15) is 5.26 Å². The van der Waals surface area contributed by atoms with Gasteiger partial charge in [0.05, 0.1) is 17.8 Å². The zero-order chi connectivity index (χ0) is 20.3. The first-order chi connectivity index (χ1) is 13.4. The molecule has 152 valence electrons. The lowest BCUT2D eigenvalue weighted by atomic mass is 9.87. The lowest BCUT2D eigenvalue weighted by Gasteiger charge is -2.38. The van der Waals surface area contributed by atoms with E-state index < -0.39 is 0 Å². The third-order valence-corrected chi connectivity index (χ3v) is 5.80. The van der Waals surface area contributed by atoms with Gasteiger partial charge in [0.25, 0.3) is 0 Å². The summed E-state index contributed by atoms with van der Waals surface area (Å²) in [5, 5.41) is 10.00. The third-order valence-electron chi connectivity index (χ3n) is 5.80. The number of piperazine rings is 1. The van der Waals surface area contributed by atoms with Gasteiger partial charge in [-0.3, -0.25) is 4.79 Å². The van der Waals surface area contributed by atoms with E-state index in [0.29, 0.717) is 31.7 Å². The number of amides is 1. The number of unbranched alkanes of at least 4 members (excludes halogenated alkanes) is 1. The summed E-state index contributed by atoms with van der Waals surface area (Å²) in [6.07, 6.45) is 4.36. The van der Waals surface area contributed by atoms with Crippen molar-refractivity contribution >= 4 is 11.7 Å². The zero-order valence-electron chi connectivity index (χ0n) is 17.7. The first-order valence-corrected chi connectivity index (χ1v) is 10.5. The Labute approximate surface area is 168 Å². The number of ether oxygens (including phenoxy) is 1. The molecule has 2 aliphatic rings. The Bertz CT molecular complexity index is 774. The fraction of sp³-hybridized carbons (Fsp3) is 0.682. The molecule has 1 aromatic rings. The van der Waals surface area contributed by atoms with Gasteiger partial charge in [-0.1, -0.05) is 20.3 Å². The standard InChI is InChI=1S/C22H32N4O2/c1-5-7-8-19-18-15-28-22(3,4)13-16(18)17(14-23)21(24-19)26-11-9-25(10-12-26)20(27)6-2/h5-13,15H2,1-4H3. The van der Waals surface area contributed by atoms with Crippen LogP contribution in [0.1, 0.15) is 69.3 Å². The highest BCUT2D eigenvalue weighted by molar-refractivity contribution is 5.76. The lowest BCUT2D eigenvalue weighted by Crippen LogP contribution is -2.49. The number of aromatic nitrogens is 1. The summed E-state index contributed by atoms with van der Waals surface area (Å²) >= 11 is 0. The predicted molar refractivity (Wildman–Crippen MR) is 109 cm³/mol. The highest BCUT2D eigenvalue weighted by Crippen LogP contribution is 2.36. The molecule has 28 heavy (non-hydrogen) atoms. The molecule has 0 unspecified atom stereocenters. The Hall–Kier alpha value is -2.13. The summed E-state index contributed by atoms with van der Waals surface area (Å²) in [5.74, 6) is 0.995. The van der Waals surface area contributed by atoms with Crippen LogP contribution in [0.5, 0.6) is 0 Å². The van der Waals surface area contributed by atoms with E-state index in [0.717, 1.165) is 61.4 Å². The second kappa shape index (κ2) is 8.48. The second-order valence-electron chi connectivity index (χ2n) is 8.38. The molecule has 0 N–H and O–H groups in total. The van der Waals surface area contributed by atoms with Crippen LogP contribution in [0.25, 0.3) is 0 Å². The molecule has 0 atom stereocenters. The van der Waals surface area contributed by atoms with Crippen LogP contribution in [0.3, 0.4) is 0 Å². The van der Waals surface area contributed by atoms with Crippen LogP contribution in [0, 0.1) is 11.3 Å². The fourth-order valence-electron chi connectivity index (χ4n) is 4.11. The molecule has 1 fully saturated rings. The van der Waals surface area contributed by atoms with Gasteiger partial charge < -0.3 is 14.5 Å². The quantitative estimate of drug-likeness (QED) is 0.780. The zero-order valence-corrected chi connectivity index (χ0v) is 17.7. The number of pyridine rings is 1. The van der Waals surface area contributed by atoms with Crippen molar-refractivity contribution in [2.45, 2.75) is 72.0 Å². The molecule has 0 aliphatic carbocycles. The summed E-state index contributed by atoms with van der Waals surface area (Å²) in [5.41, 5.74) is 3.73. The van der Waals surface area contributed by atoms with Crippen LogP contribution in [0.15, 0.2) is 0 Å². The van der Waals surface area contributed by atoms with Gasteiger partial charge in [0.15, 0.2) is 0 Å².